The number of nitrogens with one attached hydrogen (secondary N) is 5. The number of ether oxygens (including phenoxy) is 1. The first-order valence-corrected chi connectivity index (χ1v) is 21.3. The number of aromatic amines is 1. The SMILES string of the molecule is COc1cc(CC(=O)NCCCCC(=O)N[C@H](C(=O)N2CCC[C@H]2C(=O)NCc2ccc(-c3scnc3C)cc2)C(C)(C)C)ccc1NC(=O)c1cccc(-c2ccn[nH]2)n1. The molecule has 5 aromatic rings. The van der Waals surface area contributed by atoms with Gasteiger partial charge in [-0.15, -0.1) is 11.3 Å². The molecule has 4 heterocycles. The van der Waals surface area contributed by atoms with Crippen molar-refractivity contribution in [2.24, 2.45) is 5.41 Å². The highest BCUT2D eigenvalue weighted by molar-refractivity contribution is 7.13. The maximum atomic E-state index is 14.0. The lowest BCUT2D eigenvalue weighted by Crippen LogP contribution is -2.57. The molecular weight excluding hydrogens is 795 g/mol. The van der Waals surface area contributed by atoms with Crippen molar-refractivity contribution >= 4 is 46.6 Å². The molecule has 15 nitrogen and oxygen atoms in total. The van der Waals surface area contributed by atoms with Crippen molar-refractivity contribution in [3.05, 3.63) is 101 Å². The van der Waals surface area contributed by atoms with Crippen molar-refractivity contribution in [2.45, 2.75) is 84.8 Å². The summed E-state index contributed by atoms with van der Waals surface area (Å²) in [5.41, 5.74) is 6.84. The minimum atomic E-state index is -0.817. The van der Waals surface area contributed by atoms with Crippen molar-refractivity contribution in [2.75, 3.05) is 25.5 Å². The van der Waals surface area contributed by atoms with Crippen LogP contribution in [0.15, 0.2) is 78.4 Å². The van der Waals surface area contributed by atoms with Crippen LogP contribution in [-0.2, 0) is 32.1 Å². The first-order chi connectivity index (χ1) is 29.3. The Morgan fingerprint density at radius 1 is 0.967 bits per heavy atom. The quantitative estimate of drug-likeness (QED) is 0.0715. The van der Waals surface area contributed by atoms with Crippen molar-refractivity contribution in [3.63, 3.8) is 0 Å². The maximum absolute atomic E-state index is 14.0. The fraction of sp³-hybridized carbons (Fsp3) is 0.378. The molecular formula is C45H53N9O6S. The highest BCUT2D eigenvalue weighted by Crippen LogP contribution is 2.29. The molecule has 1 aliphatic rings. The summed E-state index contributed by atoms with van der Waals surface area (Å²) in [6, 6.07) is 18.6. The normalized spacial score (nSPS) is 14.2. The largest absolute Gasteiger partial charge is 0.495 e. The summed E-state index contributed by atoms with van der Waals surface area (Å²) >= 11 is 1.59. The number of carbonyl (C=O) groups is 5. The molecule has 0 unspecified atom stereocenters. The smallest absolute Gasteiger partial charge is 0.274 e. The van der Waals surface area contributed by atoms with Crippen LogP contribution in [0.2, 0.25) is 0 Å². The van der Waals surface area contributed by atoms with Gasteiger partial charge < -0.3 is 30.9 Å². The molecule has 5 amide bonds. The van der Waals surface area contributed by atoms with Crippen LogP contribution >= 0.6 is 11.3 Å². The number of anilines is 1. The van der Waals surface area contributed by atoms with Gasteiger partial charge in [-0.1, -0.05) is 57.2 Å². The van der Waals surface area contributed by atoms with Crippen LogP contribution in [0.3, 0.4) is 0 Å². The van der Waals surface area contributed by atoms with Gasteiger partial charge in [-0.2, -0.15) is 5.10 Å². The molecule has 0 spiro atoms. The number of aryl methyl sites for hydroxylation is 1. The van der Waals surface area contributed by atoms with Crippen LogP contribution in [0.5, 0.6) is 5.75 Å². The Labute approximate surface area is 359 Å². The van der Waals surface area contributed by atoms with Crippen LogP contribution in [0.1, 0.15) is 80.2 Å². The Morgan fingerprint density at radius 2 is 1.75 bits per heavy atom. The van der Waals surface area contributed by atoms with Crippen LogP contribution in [0.4, 0.5) is 5.69 Å². The van der Waals surface area contributed by atoms with Crippen molar-refractivity contribution in [1.29, 1.82) is 0 Å². The van der Waals surface area contributed by atoms with Gasteiger partial charge in [0.25, 0.3) is 5.91 Å². The zero-order valence-electron chi connectivity index (χ0n) is 35.2. The molecule has 320 valence electrons. The number of carbonyl (C=O) groups excluding carboxylic acids is 5. The van der Waals surface area contributed by atoms with Crippen LogP contribution in [0, 0.1) is 12.3 Å². The van der Waals surface area contributed by atoms with E-state index in [9.17, 15) is 24.0 Å². The molecule has 2 aromatic carbocycles. The molecule has 0 saturated carbocycles. The number of benzene rings is 2. The Hall–Kier alpha value is -6.42. The summed E-state index contributed by atoms with van der Waals surface area (Å²) in [6.45, 7) is 8.82. The lowest BCUT2D eigenvalue weighted by molar-refractivity contribution is -0.143. The lowest BCUT2D eigenvalue weighted by atomic mass is 9.85. The predicted octanol–water partition coefficient (Wildman–Crippen LogP) is 5.83. The number of methoxy groups -OCH3 is 1. The van der Waals surface area contributed by atoms with E-state index < -0.39 is 23.4 Å². The lowest BCUT2D eigenvalue weighted by Gasteiger charge is -2.35. The molecule has 6 rings (SSSR count). The topological polar surface area (TPSA) is 200 Å². The molecule has 16 heteroatoms. The Morgan fingerprint density at radius 3 is 2.46 bits per heavy atom. The first kappa shape index (κ1) is 44.1. The number of pyridine rings is 1. The Balaban J connectivity index is 0.924. The number of aromatic nitrogens is 4. The summed E-state index contributed by atoms with van der Waals surface area (Å²) in [5, 5.41) is 18.4. The number of hydrogen-bond donors (Lipinski definition) is 5. The molecule has 2 atom stereocenters. The highest BCUT2D eigenvalue weighted by Gasteiger charge is 2.41. The first-order valence-electron chi connectivity index (χ1n) is 20.4. The zero-order valence-corrected chi connectivity index (χ0v) is 36.0. The van der Waals surface area contributed by atoms with Gasteiger partial charge in [0.2, 0.25) is 23.6 Å². The minimum Gasteiger partial charge on any atom is -0.495 e. The highest BCUT2D eigenvalue weighted by atomic mass is 32.1. The molecule has 0 aliphatic carbocycles. The third-order valence-corrected chi connectivity index (χ3v) is 11.5. The number of rotatable bonds is 17. The van der Waals surface area contributed by atoms with E-state index in [-0.39, 0.29) is 42.2 Å². The number of unbranched alkanes of at least 4 members (excludes halogenated alkanes) is 1. The van der Waals surface area contributed by atoms with Gasteiger partial charge in [-0.3, -0.25) is 29.1 Å². The van der Waals surface area contributed by atoms with Gasteiger partial charge in [0, 0.05) is 32.3 Å². The summed E-state index contributed by atoms with van der Waals surface area (Å²) < 4.78 is 5.51. The Kier molecular flexibility index (Phi) is 14.6. The fourth-order valence-electron chi connectivity index (χ4n) is 7.14. The molecule has 0 bridgehead atoms. The van der Waals surface area contributed by atoms with Crippen LogP contribution in [0.25, 0.3) is 21.8 Å². The van der Waals surface area contributed by atoms with E-state index in [2.05, 4.69) is 41.4 Å². The molecule has 1 aliphatic heterocycles. The van der Waals surface area contributed by atoms with Gasteiger partial charge in [-0.05, 0) is 85.0 Å². The third-order valence-electron chi connectivity index (χ3n) is 10.5. The van der Waals surface area contributed by atoms with Crippen LogP contribution < -0.4 is 26.0 Å². The van der Waals surface area contributed by atoms with Crippen molar-refractivity contribution < 1.29 is 28.7 Å². The van der Waals surface area contributed by atoms with E-state index in [1.54, 1.807) is 64.9 Å². The van der Waals surface area contributed by atoms with E-state index in [0.717, 1.165) is 21.7 Å². The number of hydrogen-bond acceptors (Lipinski definition) is 10. The molecule has 1 saturated heterocycles. The number of nitrogens with zero attached hydrogens (tertiary/aromatic N) is 4. The second kappa shape index (κ2) is 20.2. The van der Waals surface area contributed by atoms with Gasteiger partial charge in [0.1, 0.15) is 23.5 Å². The number of likely N-dealkylation sites (tertiary alicyclic amines) is 1. The molecule has 5 N–H and O–H groups in total. The summed E-state index contributed by atoms with van der Waals surface area (Å²) in [6.07, 6.45) is 4.17. The van der Waals surface area contributed by atoms with Gasteiger partial charge >= 0.3 is 0 Å². The number of amides is 5. The minimum absolute atomic E-state index is 0.0880. The predicted molar refractivity (Wildman–Crippen MR) is 234 cm³/mol. The summed E-state index contributed by atoms with van der Waals surface area (Å²) in [5.74, 6) is -0.976. The van der Waals surface area contributed by atoms with E-state index in [0.29, 0.717) is 73.7 Å². The number of thiazole rings is 1. The van der Waals surface area contributed by atoms with Crippen LogP contribution in [-0.4, -0.2) is 86.9 Å². The Bertz CT molecular complexity index is 2320. The standard InChI is InChI=1S/C45H53N9O6S/c1-28-40(61-27-48-28)31-17-14-29(15-18-31)26-47-43(58)36-12-9-23-54(36)44(59)41(45(2,3)4)52-38(55)13-6-7-21-46-39(56)25-30-16-19-34(37(24-30)60-5)51-42(57)35-11-8-10-32(50-35)33-20-22-49-53-33/h8,10-11,14-20,22,24,27,36,41H,6-7,9,12-13,21,23,25-26H2,1-5H3,(H,46,56)(H,47,58)(H,49,53)(H,51,57)(H,52,55)/t36-,41+/m0/s1. The van der Waals surface area contributed by atoms with E-state index >= 15 is 0 Å². The molecule has 1 fully saturated rings. The molecule has 0 radical (unpaired) electrons. The van der Waals surface area contributed by atoms with E-state index in [4.69, 9.17) is 4.74 Å². The average molecular weight is 848 g/mol. The third kappa shape index (κ3) is 11.7. The van der Waals surface area contributed by atoms with E-state index in [1.807, 2.05) is 57.5 Å². The average Bonchev–Trinajstić information content (AvgIpc) is 4.05. The second-order valence-electron chi connectivity index (χ2n) is 16.1. The fourth-order valence-corrected chi connectivity index (χ4v) is 7.95. The molecule has 3 aromatic heterocycles. The van der Waals surface area contributed by atoms with E-state index in [1.165, 1.54) is 7.11 Å². The zero-order chi connectivity index (χ0) is 43.5. The second-order valence-corrected chi connectivity index (χ2v) is 16.9. The number of H-pyrrole nitrogens is 1. The maximum Gasteiger partial charge on any atom is 0.274 e. The van der Waals surface area contributed by atoms with Gasteiger partial charge in [0.15, 0.2) is 0 Å². The molecule has 61 heavy (non-hydrogen) atoms. The monoisotopic (exact) mass is 847 g/mol. The summed E-state index contributed by atoms with van der Waals surface area (Å²) in [7, 11) is 1.48. The van der Waals surface area contributed by atoms with Crippen molar-refractivity contribution in [3.8, 4) is 27.6 Å². The van der Waals surface area contributed by atoms with Crippen molar-refractivity contribution in [1.82, 2.24) is 41.0 Å². The van der Waals surface area contributed by atoms with Gasteiger partial charge in [-0.25, -0.2) is 9.97 Å². The van der Waals surface area contributed by atoms with Gasteiger partial charge in [0.05, 0.1) is 46.7 Å². The summed E-state index contributed by atoms with van der Waals surface area (Å²) in [4.78, 5) is 77.8.